The van der Waals surface area contributed by atoms with E-state index in [1.165, 1.54) is 12.0 Å². The van der Waals surface area contributed by atoms with Crippen molar-refractivity contribution in [1.29, 1.82) is 0 Å². The number of likely N-dealkylation sites (tertiary alicyclic amines) is 1. The average molecular weight is 316 g/mol. The van der Waals surface area contributed by atoms with Crippen molar-refractivity contribution in [3.8, 4) is 0 Å². The van der Waals surface area contributed by atoms with Gasteiger partial charge in [-0.05, 0) is 44.2 Å². The maximum absolute atomic E-state index is 12.3. The van der Waals surface area contributed by atoms with Crippen molar-refractivity contribution < 1.29 is 9.90 Å². The van der Waals surface area contributed by atoms with Crippen LogP contribution in [0.3, 0.4) is 0 Å². The maximum atomic E-state index is 12.3. The van der Waals surface area contributed by atoms with Gasteiger partial charge in [0.2, 0.25) is 5.91 Å². The monoisotopic (exact) mass is 316 g/mol. The van der Waals surface area contributed by atoms with Crippen LogP contribution in [0.15, 0.2) is 30.3 Å². The minimum atomic E-state index is -0.132. The van der Waals surface area contributed by atoms with Crippen LogP contribution in [-0.2, 0) is 11.3 Å². The number of hydrogen-bond acceptors (Lipinski definition) is 3. The van der Waals surface area contributed by atoms with Gasteiger partial charge in [-0.1, -0.05) is 36.8 Å². The molecule has 1 saturated heterocycles. The molecule has 2 fully saturated rings. The number of amides is 1. The summed E-state index contributed by atoms with van der Waals surface area (Å²) in [6.45, 7) is 3.75. The second-order valence-electron chi connectivity index (χ2n) is 7.15. The minimum absolute atomic E-state index is 0.132. The number of hydrogen-bond donors (Lipinski definition) is 2. The predicted molar refractivity (Wildman–Crippen MR) is 90.8 cm³/mol. The van der Waals surface area contributed by atoms with Crippen molar-refractivity contribution in [2.75, 3.05) is 6.54 Å². The molecule has 0 spiro atoms. The van der Waals surface area contributed by atoms with Crippen molar-refractivity contribution >= 4 is 5.91 Å². The van der Waals surface area contributed by atoms with Crippen LogP contribution in [0.25, 0.3) is 0 Å². The number of aliphatic hydroxyl groups excluding tert-OH is 1. The molecule has 4 unspecified atom stereocenters. The number of rotatable bonds is 5. The summed E-state index contributed by atoms with van der Waals surface area (Å²) in [6.07, 6.45) is 4.60. The largest absolute Gasteiger partial charge is 0.393 e. The topological polar surface area (TPSA) is 52.6 Å². The Morgan fingerprint density at radius 3 is 2.78 bits per heavy atom. The van der Waals surface area contributed by atoms with E-state index < -0.39 is 0 Å². The first-order valence-corrected chi connectivity index (χ1v) is 8.88. The van der Waals surface area contributed by atoms with Crippen LogP contribution in [0, 0.1) is 5.92 Å². The molecule has 0 aromatic heterocycles. The number of nitrogens with zero attached hydrogens (tertiary/aromatic N) is 1. The molecule has 0 bridgehead atoms. The number of carbonyl (C=O) groups is 1. The van der Waals surface area contributed by atoms with Crippen molar-refractivity contribution in [1.82, 2.24) is 10.2 Å². The normalized spacial score (nSPS) is 31.6. The number of carbonyl (C=O) groups excluding carboxylic acids is 1. The van der Waals surface area contributed by atoms with Crippen LogP contribution in [0.2, 0.25) is 0 Å². The Morgan fingerprint density at radius 1 is 1.26 bits per heavy atom. The summed E-state index contributed by atoms with van der Waals surface area (Å²) in [5.41, 5.74) is 1.18. The van der Waals surface area contributed by atoms with Gasteiger partial charge in [0.25, 0.3) is 0 Å². The quantitative estimate of drug-likeness (QED) is 0.876. The van der Waals surface area contributed by atoms with E-state index in [2.05, 4.69) is 24.4 Å². The fraction of sp³-hybridized carbons (Fsp3) is 0.632. The highest BCUT2D eigenvalue weighted by molar-refractivity contribution is 5.80. The molecular weight excluding hydrogens is 288 g/mol. The van der Waals surface area contributed by atoms with Gasteiger partial charge in [0.15, 0.2) is 0 Å². The highest BCUT2D eigenvalue weighted by Crippen LogP contribution is 2.26. The Bertz CT molecular complexity index is 519. The van der Waals surface area contributed by atoms with E-state index in [4.69, 9.17) is 0 Å². The van der Waals surface area contributed by atoms with Gasteiger partial charge in [-0.3, -0.25) is 4.79 Å². The third-order valence-corrected chi connectivity index (χ3v) is 5.41. The Kier molecular flexibility index (Phi) is 5.34. The van der Waals surface area contributed by atoms with E-state index in [1.807, 2.05) is 23.1 Å². The zero-order valence-corrected chi connectivity index (χ0v) is 13.9. The van der Waals surface area contributed by atoms with Gasteiger partial charge in [0, 0.05) is 25.0 Å². The predicted octanol–water partition coefficient (Wildman–Crippen LogP) is 2.32. The summed E-state index contributed by atoms with van der Waals surface area (Å²) in [4.78, 5) is 14.3. The summed E-state index contributed by atoms with van der Waals surface area (Å²) in [6, 6.07) is 10.6. The molecule has 0 radical (unpaired) electrons. The van der Waals surface area contributed by atoms with Crippen LogP contribution in [0.5, 0.6) is 0 Å². The Balaban J connectivity index is 1.52. The van der Waals surface area contributed by atoms with E-state index in [0.717, 1.165) is 25.8 Å². The minimum Gasteiger partial charge on any atom is -0.393 e. The summed E-state index contributed by atoms with van der Waals surface area (Å²) in [5, 5.41) is 13.4. The molecule has 4 heteroatoms. The molecule has 2 N–H and O–H groups in total. The van der Waals surface area contributed by atoms with Gasteiger partial charge in [0.1, 0.15) is 0 Å². The molecule has 1 aromatic carbocycles. The Hall–Kier alpha value is -1.39. The molecule has 4 nitrogen and oxygen atoms in total. The van der Waals surface area contributed by atoms with Crippen molar-refractivity contribution in [3.05, 3.63) is 35.9 Å². The maximum Gasteiger partial charge on any atom is 0.224 e. The smallest absolute Gasteiger partial charge is 0.224 e. The van der Waals surface area contributed by atoms with Gasteiger partial charge in [0.05, 0.1) is 6.10 Å². The lowest BCUT2D eigenvalue weighted by atomic mass is 9.87. The first-order chi connectivity index (χ1) is 11.1. The van der Waals surface area contributed by atoms with Gasteiger partial charge in [-0.25, -0.2) is 0 Å². The zero-order valence-electron chi connectivity index (χ0n) is 13.9. The highest BCUT2D eigenvalue weighted by Gasteiger charge is 2.36. The van der Waals surface area contributed by atoms with E-state index in [1.54, 1.807) is 0 Å². The molecule has 3 rings (SSSR count). The Labute approximate surface area is 138 Å². The fourth-order valence-electron chi connectivity index (χ4n) is 3.94. The highest BCUT2D eigenvalue weighted by atomic mass is 16.3. The fourth-order valence-corrected chi connectivity index (χ4v) is 3.94. The van der Waals surface area contributed by atoms with Crippen molar-refractivity contribution in [2.45, 2.75) is 63.8 Å². The lowest BCUT2D eigenvalue weighted by Crippen LogP contribution is -2.43. The molecular formula is C19H28N2O2. The second kappa shape index (κ2) is 7.45. The standard InChI is InChI=1S/C19H28N2O2/c1-14-18(20-12-16-8-5-9-17(22)10-16)11-19(23)21(14)13-15-6-3-2-4-7-15/h2-4,6-7,14,16-18,20,22H,5,8-13H2,1H3. The molecule has 1 amide bonds. The van der Waals surface area contributed by atoms with E-state index in [9.17, 15) is 9.90 Å². The van der Waals surface area contributed by atoms with Crippen LogP contribution in [-0.4, -0.2) is 40.6 Å². The lowest BCUT2D eigenvalue weighted by Gasteiger charge is -2.29. The summed E-state index contributed by atoms with van der Waals surface area (Å²) >= 11 is 0. The van der Waals surface area contributed by atoms with Gasteiger partial charge < -0.3 is 15.3 Å². The number of nitrogens with one attached hydrogen (secondary N) is 1. The first-order valence-electron chi connectivity index (χ1n) is 8.88. The second-order valence-corrected chi connectivity index (χ2v) is 7.15. The molecule has 1 aromatic rings. The van der Waals surface area contributed by atoms with Crippen molar-refractivity contribution in [2.24, 2.45) is 5.92 Å². The molecule has 23 heavy (non-hydrogen) atoms. The lowest BCUT2D eigenvalue weighted by molar-refractivity contribution is -0.129. The van der Waals surface area contributed by atoms with Gasteiger partial charge >= 0.3 is 0 Å². The SMILES string of the molecule is CC1C(NCC2CCCC(O)C2)CC(=O)N1Cc1ccccc1. The number of aliphatic hydroxyl groups is 1. The molecule has 1 aliphatic carbocycles. The average Bonchev–Trinajstić information content (AvgIpc) is 2.82. The third-order valence-electron chi connectivity index (χ3n) is 5.41. The first kappa shape index (κ1) is 16.5. The molecule has 2 aliphatic rings. The van der Waals surface area contributed by atoms with Gasteiger partial charge in [-0.15, -0.1) is 0 Å². The van der Waals surface area contributed by atoms with Crippen LogP contribution in [0.1, 0.15) is 44.6 Å². The van der Waals surface area contributed by atoms with Crippen LogP contribution >= 0.6 is 0 Å². The molecule has 1 saturated carbocycles. The number of benzene rings is 1. The van der Waals surface area contributed by atoms with Crippen LogP contribution in [0.4, 0.5) is 0 Å². The molecule has 1 heterocycles. The van der Waals surface area contributed by atoms with E-state index in [0.29, 0.717) is 18.9 Å². The van der Waals surface area contributed by atoms with Gasteiger partial charge in [-0.2, -0.15) is 0 Å². The van der Waals surface area contributed by atoms with E-state index in [-0.39, 0.29) is 24.1 Å². The summed E-state index contributed by atoms with van der Waals surface area (Å²) < 4.78 is 0. The molecule has 1 aliphatic heterocycles. The zero-order chi connectivity index (χ0) is 16.2. The third kappa shape index (κ3) is 4.12. The van der Waals surface area contributed by atoms with Crippen molar-refractivity contribution in [3.63, 3.8) is 0 Å². The molecule has 126 valence electrons. The van der Waals surface area contributed by atoms with Crippen LogP contribution < -0.4 is 5.32 Å². The van der Waals surface area contributed by atoms with E-state index >= 15 is 0 Å². The molecule has 4 atom stereocenters. The Morgan fingerprint density at radius 2 is 2.04 bits per heavy atom. The summed E-state index contributed by atoms with van der Waals surface area (Å²) in [5.74, 6) is 0.784. The summed E-state index contributed by atoms with van der Waals surface area (Å²) in [7, 11) is 0.